The molecule has 2 N–H and O–H groups in total. The summed E-state index contributed by atoms with van der Waals surface area (Å²) in [6.45, 7) is 14.9. The molecule has 0 radical (unpaired) electrons. The summed E-state index contributed by atoms with van der Waals surface area (Å²) in [6, 6.07) is 2.24. The third-order valence-corrected chi connectivity index (χ3v) is 5.39. The van der Waals surface area contributed by atoms with Crippen LogP contribution in [0, 0.1) is 19.3 Å². The number of anilines is 1. The first-order valence-electron chi connectivity index (χ1n) is 10.0. The molecule has 0 fully saturated rings. The van der Waals surface area contributed by atoms with Gasteiger partial charge in [0.05, 0.1) is 13.1 Å². The summed E-state index contributed by atoms with van der Waals surface area (Å²) in [5.41, 5.74) is 6.09. The Morgan fingerprint density at radius 2 is 1.77 bits per heavy atom. The van der Waals surface area contributed by atoms with Crippen LogP contribution in [0.3, 0.4) is 0 Å². The van der Waals surface area contributed by atoms with Gasteiger partial charge in [-0.05, 0) is 37.8 Å². The van der Waals surface area contributed by atoms with Crippen molar-refractivity contribution in [2.24, 2.45) is 5.41 Å². The zero-order valence-corrected chi connectivity index (χ0v) is 18.3. The fraction of sp³-hybridized carbons (Fsp3) is 0.682. The Morgan fingerprint density at radius 1 is 1.12 bits per heavy atom. The molecule has 0 saturated heterocycles. The van der Waals surface area contributed by atoms with Gasteiger partial charge in [0.1, 0.15) is 5.69 Å². The monoisotopic (exact) mass is 380 g/mol. The van der Waals surface area contributed by atoms with Crippen LogP contribution in [0.5, 0.6) is 0 Å². The number of carbonyl (C=O) groups excluding carboxylic acids is 1. The lowest BCUT2D eigenvalue weighted by molar-refractivity contribution is -0.825. The SMILES string of the molecule is CCCCCCC[NH+]1CCc2c(C)cc(C)c(NC(=O)C(C)(C)C)c21.[Cl-]. The van der Waals surface area contributed by atoms with E-state index in [1.807, 2.05) is 20.8 Å². The quantitative estimate of drug-likeness (QED) is 0.687. The van der Waals surface area contributed by atoms with E-state index in [4.69, 9.17) is 0 Å². The van der Waals surface area contributed by atoms with Crippen molar-refractivity contribution in [3.8, 4) is 0 Å². The molecule has 1 aromatic carbocycles. The van der Waals surface area contributed by atoms with Gasteiger partial charge < -0.3 is 22.6 Å². The minimum absolute atomic E-state index is 0. The zero-order chi connectivity index (χ0) is 18.6. The first-order valence-corrected chi connectivity index (χ1v) is 10.0. The normalized spacial score (nSPS) is 16.2. The molecule has 1 unspecified atom stereocenters. The second kappa shape index (κ2) is 9.75. The molecule has 0 bridgehead atoms. The zero-order valence-electron chi connectivity index (χ0n) is 17.5. The highest BCUT2D eigenvalue weighted by Crippen LogP contribution is 2.33. The van der Waals surface area contributed by atoms with E-state index in [0.29, 0.717) is 0 Å². The van der Waals surface area contributed by atoms with Crippen molar-refractivity contribution in [2.45, 2.75) is 80.1 Å². The highest BCUT2D eigenvalue weighted by Gasteiger charge is 2.32. The van der Waals surface area contributed by atoms with Crippen LogP contribution in [0.15, 0.2) is 6.07 Å². The molecular formula is C22H37ClN2O. The van der Waals surface area contributed by atoms with Crippen LogP contribution < -0.4 is 22.6 Å². The van der Waals surface area contributed by atoms with Crippen molar-refractivity contribution in [3.63, 3.8) is 0 Å². The van der Waals surface area contributed by atoms with Gasteiger partial charge in [0, 0.05) is 17.4 Å². The van der Waals surface area contributed by atoms with Gasteiger partial charge in [-0.2, -0.15) is 0 Å². The van der Waals surface area contributed by atoms with Gasteiger partial charge in [0.2, 0.25) is 5.91 Å². The minimum atomic E-state index is -0.372. The van der Waals surface area contributed by atoms with Gasteiger partial charge in [-0.3, -0.25) is 4.79 Å². The van der Waals surface area contributed by atoms with Crippen molar-refractivity contribution in [2.75, 3.05) is 18.4 Å². The lowest BCUT2D eigenvalue weighted by Crippen LogP contribution is -3.06. The Morgan fingerprint density at radius 3 is 2.38 bits per heavy atom. The van der Waals surface area contributed by atoms with E-state index in [9.17, 15) is 4.79 Å². The van der Waals surface area contributed by atoms with Crippen molar-refractivity contribution in [3.05, 3.63) is 22.8 Å². The third kappa shape index (κ3) is 5.47. The van der Waals surface area contributed by atoms with Crippen LogP contribution in [-0.4, -0.2) is 19.0 Å². The maximum atomic E-state index is 12.6. The number of aryl methyl sites for hydroxylation is 2. The first kappa shape index (κ1) is 23.0. The second-order valence-electron chi connectivity index (χ2n) is 8.71. The standard InChI is InChI=1S/C22H36N2O.ClH/c1-7-8-9-10-11-13-24-14-12-18-16(2)15-17(3)19(20(18)24)23-21(25)22(4,5)6;/h15H,7-14H2,1-6H3,(H,23,25);1H. The second-order valence-corrected chi connectivity index (χ2v) is 8.71. The van der Waals surface area contributed by atoms with Crippen LogP contribution in [-0.2, 0) is 11.2 Å². The fourth-order valence-corrected chi connectivity index (χ4v) is 3.80. The lowest BCUT2D eigenvalue weighted by Gasteiger charge is -2.23. The molecule has 2 rings (SSSR count). The van der Waals surface area contributed by atoms with Gasteiger partial charge in [0.25, 0.3) is 0 Å². The number of nitrogens with one attached hydrogen (secondary N) is 2. The van der Waals surface area contributed by atoms with Crippen LogP contribution in [0.4, 0.5) is 11.4 Å². The third-order valence-electron chi connectivity index (χ3n) is 5.39. The van der Waals surface area contributed by atoms with Gasteiger partial charge in [-0.25, -0.2) is 0 Å². The Labute approximate surface area is 166 Å². The molecule has 1 aliphatic rings. The van der Waals surface area contributed by atoms with Crippen LogP contribution in [0.25, 0.3) is 0 Å². The number of carbonyl (C=O) groups is 1. The predicted octanol–water partition coefficient (Wildman–Crippen LogP) is 1.33. The number of fused-ring (bicyclic) bond motifs is 1. The highest BCUT2D eigenvalue weighted by molar-refractivity contribution is 5.97. The summed E-state index contributed by atoms with van der Waals surface area (Å²) in [6.07, 6.45) is 7.70. The van der Waals surface area contributed by atoms with E-state index >= 15 is 0 Å². The summed E-state index contributed by atoms with van der Waals surface area (Å²) < 4.78 is 0. The van der Waals surface area contributed by atoms with Crippen molar-refractivity contribution in [1.29, 1.82) is 0 Å². The van der Waals surface area contributed by atoms with Crippen molar-refractivity contribution in [1.82, 2.24) is 0 Å². The number of rotatable bonds is 7. The number of amides is 1. The summed E-state index contributed by atoms with van der Waals surface area (Å²) in [5, 5.41) is 3.26. The Hall–Kier alpha value is -1.06. The molecule has 1 aromatic rings. The molecule has 1 heterocycles. The number of halogens is 1. The summed E-state index contributed by atoms with van der Waals surface area (Å²) >= 11 is 0. The first-order chi connectivity index (χ1) is 11.8. The maximum Gasteiger partial charge on any atom is 0.229 e. The topological polar surface area (TPSA) is 33.5 Å². The smallest absolute Gasteiger partial charge is 0.229 e. The van der Waals surface area contributed by atoms with E-state index in [-0.39, 0.29) is 23.7 Å². The fourth-order valence-electron chi connectivity index (χ4n) is 3.80. The molecule has 26 heavy (non-hydrogen) atoms. The molecule has 1 amide bonds. The molecular weight excluding hydrogens is 344 g/mol. The van der Waals surface area contributed by atoms with Gasteiger partial charge in [-0.1, -0.05) is 53.0 Å². The van der Waals surface area contributed by atoms with Crippen molar-refractivity contribution >= 4 is 17.3 Å². The van der Waals surface area contributed by atoms with E-state index in [2.05, 4.69) is 32.2 Å². The van der Waals surface area contributed by atoms with E-state index in [1.165, 1.54) is 61.0 Å². The molecule has 1 aliphatic heterocycles. The van der Waals surface area contributed by atoms with E-state index < -0.39 is 0 Å². The van der Waals surface area contributed by atoms with E-state index in [0.717, 1.165) is 18.7 Å². The largest absolute Gasteiger partial charge is 1.00 e. The molecule has 0 spiro atoms. The molecule has 148 valence electrons. The van der Waals surface area contributed by atoms with Gasteiger partial charge >= 0.3 is 0 Å². The molecule has 4 heteroatoms. The number of hydrogen-bond donors (Lipinski definition) is 2. The molecule has 0 saturated carbocycles. The maximum absolute atomic E-state index is 12.6. The summed E-state index contributed by atoms with van der Waals surface area (Å²) in [4.78, 5) is 14.1. The molecule has 3 nitrogen and oxygen atoms in total. The average molecular weight is 381 g/mol. The highest BCUT2D eigenvalue weighted by atomic mass is 35.5. The van der Waals surface area contributed by atoms with Crippen LogP contribution in [0.1, 0.15) is 76.5 Å². The molecule has 0 aliphatic carbocycles. The number of hydrogen-bond acceptors (Lipinski definition) is 1. The molecule has 1 atom stereocenters. The number of unbranched alkanes of at least 4 members (excludes halogenated alkanes) is 4. The number of quaternary nitrogens is 1. The van der Waals surface area contributed by atoms with Crippen LogP contribution >= 0.6 is 0 Å². The van der Waals surface area contributed by atoms with Crippen LogP contribution in [0.2, 0.25) is 0 Å². The Balaban J connectivity index is 0.00000338. The summed E-state index contributed by atoms with van der Waals surface area (Å²) in [5.74, 6) is 0.107. The predicted molar refractivity (Wildman–Crippen MR) is 107 cm³/mol. The van der Waals surface area contributed by atoms with Gasteiger partial charge in [-0.15, -0.1) is 0 Å². The Bertz CT molecular complexity index is 620. The Kier molecular flexibility index (Phi) is 8.62. The summed E-state index contributed by atoms with van der Waals surface area (Å²) in [7, 11) is 0. The minimum Gasteiger partial charge on any atom is -1.00 e. The molecule has 0 aromatic heterocycles. The van der Waals surface area contributed by atoms with E-state index in [1.54, 1.807) is 4.90 Å². The van der Waals surface area contributed by atoms with Gasteiger partial charge in [0.15, 0.2) is 5.69 Å². The average Bonchev–Trinajstić information content (AvgIpc) is 2.94. The lowest BCUT2D eigenvalue weighted by atomic mass is 9.94. The van der Waals surface area contributed by atoms with Crippen molar-refractivity contribution < 1.29 is 22.1 Å². The number of benzene rings is 1.